The zero-order valence-electron chi connectivity index (χ0n) is 9.16. The van der Waals surface area contributed by atoms with E-state index in [0.29, 0.717) is 13.1 Å². The second kappa shape index (κ2) is 5.50. The fourth-order valence-corrected chi connectivity index (χ4v) is 1.38. The molecule has 0 aliphatic carbocycles. The number of carbonyl (C=O) groups is 1. The minimum atomic E-state index is -0.125. The van der Waals surface area contributed by atoms with Crippen LogP contribution in [0.25, 0.3) is 0 Å². The lowest BCUT2D eigenvalue weighted by Gasteiger charge is -2.17. The molecule has 1 atom stereocenters. The van der Waals surface area contributed by atoms with Crippen molar-refractivity contribution in [2.75, 3.05) is 6.54 Å². The number of nitrogens with two attached hydrogens (primary N) is 1. The Morgan fingerprint density at radius 3 is 2.87 bits per heavy atom. The predicted molar refractivity (Wildman–Crippen MR) is 57.8 cm³/mol. The van der Waals surface area contributed by atoms with Crippen LogP contribution in [0.1, 0.15) is 19.7 Å². The summed E-state index contributed by atoms with van der Waals surface area (Å²) < 4.78 is 0. The van der Waals surface area contributed by atoms with E-state index in [1.807, 2.05) is 13.8 Å². The summed E-state index contributed by atoms with van der Waals surface area (Å²) >= 11 is 0. The number of aromatic amines is 1. The fraction of sp³-hybridized carbons (Fsp3) is 0.600. The molecule has 84 valence electrons. The molecule has 5 nitrogen and oxygen atoms in total. The van der Waals surface area contributed by atoms with Gasteiger partial charge in [0.15, 0.2) is 0 Å². The summed E-state index contributed by atoms with van der Waals surface area (Å²) in [4.78, 5) is 18.6. The first-order valence-electron chi connectivity index (χ1n) is 5.11. The molecule has 0 aliphatic heterocycles. The third kappa shape index (κ3) is 3.36. The van der Waals surface area contributed by atoms with Crippen LogP contribution in [-0.2, 0) is 11.3 Å². The molecule has 1 rings (SSSR count). The molecule has 15 heavy (non-hydrogen) atoms. The van der Waals surface area contributed by atoms with E-state index in [0.717, 1.165) is 5.82 Å². The monoisotopic (exact) mass is 210 g/mol. The highest BCUT2D eigenvalue weighted by atomic mass is 16.1. The zero-order valence-corrected chi connectivity index (χ0v) is 9.16. The average molecular weight is 210 g/mol. The number of hydrogen-bond acceptors (Lipinski definition) is 3. The lowest BCUT2D eigenvalue weighted by molar-refractivity contribution is -0.126. The van der Waals surface area contributed by atoms with E-state index in [-0.39, 0.29) is 17.7 Å². The van der Waals surface area contributed by atoms with Crippen LogP contribution >= 0.6 is 0 Å². The molecule has 4 N–H and O–H groups in total. The minimum Gasteiger partial charge on any atom is -0.349 e. The maximum atomic E-state index is 11.7. The molecule has 1 heterocycles. The van der Waals surface area contributed by atoms with Gasteiger partial charge in [0.2, 0.25) is 5.91 Å². The molecule has 0 aliphatic rings. The molecular formula is C10H18N4O. The summed E-state index contributed by atoms with van der Waals surface area (Å²) in [6, 6.07) is 0. The van der Waals surface area contributed by atoms with Crippen molar-refractivity contribution >= 4 is 5.91 Å². The van der Waals surface area contributed by atoms with E-state index in [4.69, 9.17) is 5.73 Å². The Bertz CT molecular complexity index is 294. The first-order chi connectivity index (χ1) is 7.15. The van der Waals surface area contributed by atoms with Crippen LogP contribution in [0.4, 0.5) is 0 Å². The van der Waals surface area contributed by atoms with Gasteiger partial charge in [-0.25, -0.2) is 4.98 Å². The van der Waals surface area contributed by atoms with Gasteiger partial charge in [-0.2, -0.15) is 0 Å². The standard InChI is InChI=1S/C10H18N4O/c1-7(2)8(5-11)10(15)14-6-9-12-3-4-13-9/h3-4,7-8H,5-6,11H2,1-2H3,(H,12,13)(H,14,15). The second-order valence-electron chi connectivity index (χ2n) is 3.84. The van der Waals surface area contributed by atoms with Crippen LogP contribution < -0.4 is 11.1 Å². The highest BCUT2D eigenvalue weighted by Gasteiger charge is 2.19. The maximum Gasteiger partial charge on any atom is 0.225 e. The van der Waals surface area contributed by atoms with E-state index < -0.39 is 0 Å². The Morgan fingerprint density at radius 1 is 1.67 bits per heavy atom. The molecule has 0 fully saturated rings. The van der Waals surface area contributed by atoms with E-state index in [1.165, 1.54) is 0 Å². The highest BCUT2D eigenvalue weighted by molar-refractivity contribution is 5.79. The normalized spacial score (nSPS) is 12.8. The Kier molecular flexibility index (Phi) is 4.30. The molecule has 5 heteroatoms. The summed E-state index contributed by atoms with van der Waals surface area (Å²) in [6.07, 6.45) is 3.38. The van der Waals surface area contributed by atoms with Crippen LogP contribution in [0.3, 0.4) is 0 Å². The summed E-state index contributed by atoms with van der Waals surface area (Å²) in [7, 11) is 0. The number of aromatic nitrogens is 2. The third-order valence-corrected chi connectivity index (χ3v) is 2.38. The number of H-pyrrole nitrogens is 1. The molecule has 0 saturated heterocycles. The molecule has 1 aromatic heterocycles. The topological polar surface area (TPSA) is 83.8 Å². The summed E-state index contributed by atoms with van der Waals surface area (Å²) in [6.45, 7) is 4.78. The van der Waals surface area contributed by atoms with Gasteiger partial charge in [-0.1, -0.05) is 13.8 Å². The van der Waals surface area contributed by atoms with Gasteiger partial charge in [0, 0.05) is 18.9 Å². The largest absolute Gasteiger partial charge is 0.349 e. The molecule has 1 aromatic rings. The number of carbonyl (C=O) groups excluding carboxylic acids is 1. The Hall–Kier alpha value is -1.36. The van der Waals surface area contributed by atoms with Gasteiger partial charge >= 0.3 is 0 Å². The quantitative estimate of drug-likeness (QED) is 0.651. The third-order valence-electron chi connectivity index (χ3n) is 2.38. The highest BCUT2D eigenvalue weighted by Crippen LogP contribution is 2.08. The Balaban J connectivity index is 2.41. The Labute approximate surface area is 89.5 Å². The number of nitrogens with one attached hydrogen (secondary N) is 2. The Morgan fingerprint density at radius 2 is 2.40 bits per heavy atom. The van der Waals surface area contributed by atoms with Crippen molar-refractivity contribution in [1.82, 2.24) is 15.3 Å². The average Bonchev–Trinajstić information content (AvgIpc) is 2.67. The molecule has 1 unspecified atom stereocenters. The number of nitrogens with zero attached hydrogens (tertiary/aromatic N) is 1. The maximum absolute atomic E-state index is 11.7. The van der Waals surface area contributed by atoms with Gasteiger partial charge in [0.1, 0.15) is 5.82 Å². The molecule has 0 saturated carbocycles. The van der Waals surface area contributed by atoms with Gasteiger partial charge in [-0.05, 0) is 5.92 Å². The number of amides is 1. The lowest BCUT2D eigenvalue weighted by Crippen LogP contribution is -2.37. The van der Waals surface area contributed by atoms with Crippen molar-refractivity contribution in [3.63, 3.8) is 0 Å². The van der Waals surface area contributed by atoms with E-state index in [1.54, 1.807) is 12.4 Å². The summed E-state index contributed by atoms with van der Waals surface area (Å²) in [5.74, 6) is 0.873. The van der Waals surface area contributed by atoms with Gasteiger partial charge in [-0.15, -0.1) is 0 Å². The van der Waals surface area contributed by atoms with Crippen molar-refractivity contribution in [2.45, 2.75) is 20.4 Å². The molecule has 0 aromatic carbocycles. The summed E-state index contributed by atoms with van der Waals surface area (Å²) in [5, 5.41) is 2.80. The first kappa shape index (κ1) is 11.7. The lowest BCUT2D eigenvalue weighted by atomic mass is 9.95. The molecule has 1 amide bonds. The number of imidazole rings is 1. The van der Waals surface area contributed by atoms with Crippen LogP contribution in [0.5, 0.6) is 0 Å². The zero-order chi connectivity index (χ0) is 11.3. The molecule has 0 radical (unpaired) electrons. The van der Waals surface area contributed by atoms with Crippen molar-refractivity contribution in [3.05, 3.63) is 18.2 Å². The van der Waals surface area contributed by atoms with Crippen LogP contribution in [0, 0.1) is 11.8 Å². The predicted octanol–water partition coefficient (Wildman–Crippen LogP) is 0.257. The van der Waals surface area contributed by atoms with Gasteiger partial charge in [0.25, 0.3) is 0 Å². The van der Waals surface area contributed by atoms with Gasteiger partial charge in [-0.3, -0.25) is 4.79 Å². The van der Waals surface area contributed by atoms with E-state index in [9.17, 15) is 4.79 Å². The molecular weight excluding hydrogens is 192 g/mol. The van der Waals surface area contributed by atoms with Crippen molar-refractivity contribution in [2.24, 2.45) is 17.6 Å². The second-order valence-corrected chi connectivity index (χ2v) is 3.84. The van der Waals surface area contributed by atoms with Crippen molar-refractivity contribution in [3.8, 4) is 0 Å². The van der Waals surface area contributed by atoms with Crippen LogP contribution in [0.2, 0.25) is 0 Å². The van der Waals surface area contributed by atoms with E-state index >= 15 is 0 Å². The smallest absolute Gasteiger partial charge is 0.225 e. The fourth-order valence-electron chi connectivity index (χ4n) is 1.38. The molecule has 0 spiro atoms. The number of rotatable bonds is 5. The van der Waals surface area contributed by atoms with Crippen LogP contribution in [0.15, 0.2) is 12.4 Å². The van der Waals surface area contributed by atoms with Gasteiger partial charge in [0.05, 0.1) is 12.5 Å². The molecule has 0 bridgehead atoms. The van der Waals surface area contributed by atoms with E-state index in [2.05, 4.69) is 15.3 Å². The van der Waals surface area contributed by atoms with Gasteiger partial charge < -0.3 is 16.0 Å². The minimum absolute atomic E-state index is 0.0103. The van der Waals surface area contributed by atoms with Crippen molar-refractivity contribution < 1.29 is 4.79 Å². The SMILES string of the molecule is CC(C)C(CN)C(=O)NCc1ncc[nH]1. The summed E-state index contributed by atoms with van der Waals surface area (Å²) in [5.41, 5.74) is 5.54. The van der Waals surface area contributed by atoms with Crippen LogP contribution in [-0.4, -0.2) is 22.4 Å². The first-order valence-corrected chi connectivity index (χ1v) is 5.11. The number of hydrogen-bond donors (Lipinski definition) is 3. The van der Waals surface area contributed by atoms with Crippen molar-refractivity contribution in [1.29, 1.82) is 0 Å².